The fourth-order valence-corrected chi connectivity index (χ4v) is 13.6. The lowest BCUT2D eigenvalue weighted by atomic mass is 9.29. The molecule has 0 radical (unpaired) electrons. The average Bonchev–Trinajstić information content (AvgIpc) is 3.71. The van der Waals surface area contributed by atoms with Crippen LogP contribution in [0.5, 0.6) is 23.0 Å². The number of fused-ring (bicyclic) bond motifs is 16. The number of anilines is 6. The van der Waals surface area contributed by atoms with Crippen molar-refractivity contribution in [1.82, 2.24) is 0 Å². The highest BCUT2D eigenvalue weighted by Gasteiger charge is 2.51. The normalized spacial score (nSPS) is 16.2. The summed E-state index contributed by atoms with van der Waals surface area (Å²) in [6.07, 6.45) is 0. The minimum Gasteiger partial charge on any atom is -0.458 e. The van der Waals surface area contributed by atoms with Gasteiger partial charge in [0, 0.05) is 33.6 Å². The van der Waals surface area contributed by atoms with Crippen LogP contribution in [-0.2, 0) is 10.8 Å². The molecule has 0 bridgehead atoms. The zero-order valence-corrected chi connectivity index (χ0v) is 37.0. The summed E-state index contributed by atoms with van der Waals surface area (Å²) in [5.41, 5.74) is 28.0. The lowest BCUT2D eigenvalue weighted by Gasteiger charge is -2.49. The molecule has 0 amide bonds. The molecule has 4 nitrogen and oxygen atoms in total. The van der Waals surface area contributed by atoms with Gasteiger partial charge in [0.25, 0.3) is 13.4 Å². The van der Waals surface area contributed by atoms with Gasteiger partial charge in [0.2, 0.25) is 0 Å². The molecule has 66 heavy (non-hydrogen) atoms. The molecule has 0 unspecified atom stereocenters. The first-order valence-electron chi connectivity index (χ1n) is 23.4. The van der Waals surface area contributed by atoms with Gasteiger partial charge in [-0.3, -0.25) is 0 Å². The molecule has 9 aromatic carbocycles. The SMILES string of the molecule is CC1(C)c2ccccc2-c2cc3c(cc21)C(C)(C)c1cc(-c2cc4c5c(c2)B2c6cccc7c6N(c6ccccc6O7)c6cccc(c62)N5c2cccc5c2B4c2ccccc2O5)ccc1-3. The fraction of sp³-hybridized carbons (Fsp3) is 0.100. The Bertz CT molecular complexity index is 3770. The number of hydrogen-bond acceptors (Lipinski definition) is 4. The quantitative estimate of drug-likeness (QED) is 0.154. The van der Waals surface area contributed by atoms with Crippen LogP contribution >= 0.6 is 0 Å². The Morgan fingerprint density at radius 2 is 0.894 bits per heavy atom. The van der Waals surface area contributed by atoms with Crippen LogP contribution in [0.2, 0.25) is 0 Å². The number of benzene rings is 9. The van der Waals surface area contributed by atoms with Crippen molar-refractivity contribution in [1.29, 1.82) is 0 Å². The molecule has 308 valence electrons. The van der Waals surface area contributed by atoms with E-state index in [0.29, 0.717) is 0 Å². The van der Waals surface area contributed by atoms with Gasteiger partial charge in [-0.15, -0.1) is 0 Å². The zero-order chi connectivity index (χ0) is 43.5. The van der Waals surface area contributed by atoms with E-state index in [-0.39, 0.29) is 24.3 Å². The Balaban J connectivity index is 0.962. The molecule has 0 aromatic heterocycles. The van der Waals surface area contributed by atoms with Gasteiger partial charge >= 0.3 is 0 Å². The summed E-state index contributed by atoms with van der Waals surface area (Å²) in [6.45, 7) is 9.59. The summed E-state index contributed by atoms with van der Waals surface area (Å²) in [7, 11) is 0. The molecule has 0 saturated carbocycles. The first kappa shape index (κ1) is 35.6. The van der Waals surface area contributed by atoms with Crippen LogP contribution in [0.4, 0.5) is 34.1 Å². The number of hydrogen-bond donors (Lipinski definition) is 0. The van der Waals surface area contributed by atoms with Crippen molar-refractivity contribution in [3.05, 3.63) is 192 Å². The second-order valence-electron chi connectivity index (χ2n) is 20.3. The molecule has 5 aliphatic heterocycles. The van der Waals surface area contributed by atoms with Gasteiger partial charge in [-0.05, 0) is 149 Å². The molecule has 6 heteroatoms. The Morgan fingerprint density at radius 3 is 1.71 bits per heavy atom. The summed E-state index contributed by atoms with van der Waals surface area (Å²) in [5, 5.41) is 0. The highest BCUT2D eigenvalue weighted by Crippen LogP contribution is 2.57. The Hall–Kier alpha value is -7.69. The molecule has 0 fully saturated rings. The van der Waals surface area contributed by atoms with Crippen LogP contribution in [0.25, 0.3) is 33.4 Å². The summed E-state index contributed by atoms with van der Waals surface area (Å²) in [5.74, 6) is 3.61. The summed E-state index contributed by atoms with van der Waals surface area (Å²) in [6, 6.07) is 63.7. The van der Waals surface area contributed by atoms with E-state index < -0.39 is 0 Å². The number of ether oxygens (including phenoxy) is 2. The molecular weight excluding hydrogens is 802 g/mol. The van der Waals surface area contributed by atoms with E-state index >= 15 is 0 Å². The van der Waals surface area contributed by atoms with Gasteiger partial charge in [-0.1, -0.05) is 137 Å². The van der Waals surface area contributed by atoms with E-state index in [0.717, 1.165) is 34.4 Å². The van der Waals surface area contributed by atoms with Crippen LogP contribution < -0.4 is 52.1 Å². The van der Waals surface area contributed by atoms with E-state index in [1.807, 2.05) is 0 Å². The van der Waals surface area contributed by atoms with Crippen LogP contribution in [0.3, 0.4) is 0 Å². The molecule has 0 saturated heterocycles. The third-order valence-corrected chi connectivity index (χ3v) is 16.5. The van der Waals surface area contributed by atoms with Crippen molar-refractivity contribution in [3.63, 3.8) is 0 Å². The van der Waals surface area contributed by atoms with Gasteiger partial charge in [-0.2, -0.15) is 0 Å². The first-order valence-corrected chi connectivity index (χ1v) is 23.4. The number of para-hydroxylation sites is 4. The van der Waals surface area contributed by atoms with Crippen molar-refractivity contribution in [2.24, 2.45) is 0 Å². The van der Waals surface area contributed by atoms with Crippen molar-refractivity contribution in [3.8, 4) is 56.4 Å². The lowest BCUT2D eigenvalue weighted by molar-refractivity contribution is 0.477. The minimum atomic E-state index is -0.187. The van der Waals surface area contributed by atoms with Crippen LogP contribution in [0, 0.1) is 0 Å². The minimum absolute atomic E-state index is 0.0143. The number of rotatable bonds is 1. The predicted molar refractivity (Wildman–Crippen MR) is 272 cm³/mol. The maximum atomic E-state index is 6.82. The number of nitrogens with zero attached hydrogens (tertiary/aromatic N) is 2. The molecule has 0 spiro atoms. The van der Waals surface area contributed by atoms with Crippen molar-refractivity contribution < 1.29 is 9.47 Å². The van der Waals surface area contributed by atoms with Crippen LogP contribution in [-0.4, -0.2) is 13.4 Å². The maximum absolute atomic E-state index is 6.82. The summed E-state index contributed by atoms with van der Waals surface area (Å²) < 4.78 is 13.6. The molecule has 5 heterocycles. The first-order chi connectivity index (χ1) is 32.3. The molecule has 9 aromatic rings. The van der Waals surface area contributed by atoms with E-state index in [1.54, 1.807) is 0 Å². The smallest absolute Gasteiger partial charge is 0.256 e. The molecule has 16 rings (SSSR count). The second kappa shape index (κ2) is 11.8. The standard InChI is InChI=1S/C60H40B2N2O2/c1-59(2)39-15-6-5-14-35(39)37-31-38-36-27-26-33(28-40(36)60(3,4)42(38)32-41(37)59)34-29-45-57-46(30-34)62-44-17-11-25-54-58(44)63(47-18-8-10-23-52(47)66-54)48-19-12-20-49(55(48)62)64(57)50-21-13-24-53-56(50)61(45)43-16-7-9-22-51(43)65-53/h5-32H,1-4H3. The molecule has 7 aliphatic rings. The van der Waals surface area contributed by atoms with E-state index in [2.05, 4.69) is 207 Å². The summed E-state index contributed by atoms with van der Waals surface area (Å²) in [4.78, 5) is 5.02. The van der Waals surface area contributed by atoms with Gasteiger partial charge < -0.3 is 19.3 Å². The lowest BCUT2D eigenvalue weighted by Crippen LogP contribution is -2.67. The summed E-state index contributed by atoms with van der Waals surface area (Å²) >= 11 is 0. The largest absolute Gasteiger partial charge is 0.458 e. The third kappa shape index (κ3) is 4.13. The molecule has 2 aliphatic carbocycles. The Morgan fingerprint density at radius 1 is 0.348 bits per heavy atom. The third-order valence-electron chi connectivity index (χ3n) is 16.5. The Labute approximate surface area is 384 Å². The predicted octanol–water partition coefficient (Wildman–Crippen LogP) is 11.1. The van der Waals surface area contributed by atoms with Crippen molar-refractivity contribution >= 4 is 80.3 Å². The molecule has 0 atom stereocenters. The Kier molecular flexibility index (Phi) is 6.35. The monoisotopic (exact) mass is 842 g/mol. The zero-order valence-electron chi connectivity index (χ0n) is 37.0. The van der Waals surface area contributed by atoms with Crippen molar-refractivity contribution in [2.45, 2.75) is 38.5 Å². The van der Waals surface area contributed by atoms with E-state index in [1.165, 1.54) is 111 Å². The average molecular weight is 843 g/mol. The van der Waals surface area contributed by atoms with E-state index in [9.17, 15) is 0 Å². The highest BCUT2D eigenvalue weighted by atomic mass is 16.5. The topological polar surface area (TPSA) is 24.9 Å². The van der Waals surface area contributed by atoms with E-state index in [4.69, 9.17) is 9.47 Å². The van der Waals surface area contributed by atoms with Gasteiger partial charge in [0.05, 0.1) is 11.4 Å². The molecular formula is C60H40B2N2O2. The highest BCUT2D eigenvalue weighted by molar-refractivity contribution is 7.04. The molecule has 0 N–H and O–H groups in total. The van der Waals surface area contributed by atoms with Gasteiger partial charge in [0.15, 0.2) is 11.5 Å². The van der Waals surface area contributed by atoms with Crippen LogP contribution in [0.15, 0.2) is 170 Å². The second-order valence-corrected chi connectivity index (χ2v) is 20.3. The fourth-order valence-electron chi connectivity index (χ4n) is 13.6. The maximum Gasteiger partial charge on any atom is 0.256 e. The van der Waals surface area contributed by atoms with Crippen LogP contribution in [0.1, 0.15) is 49.9 Å². The van der Waals surface area contributed by atoms with Gasteiger partial charge in [0.1, 0.15) is 11.5 Å². The van der Waals surface area contributed by atoms with Gasteiger partial charge in [-0.25, -0.2) is 0 Å². The van der Waals surface area contributed by atoms with Crippen molar-refractivity contribution in [2.75, 3.05) is 9.80 Å².